The van der Waals surface area contributed by atoms with E-state index in [1.54, 1.807) is 13.8 Å². The first-order valence-electron chi connectivity index (χ1n) is 10.6. The lowest BCUT2D eigenvalue weighted by molar-refractivity contribution is -0.148. The van der Waals surface area contributed by atoms with Gasteiger partial charge in [-0.2, -0.15) is 0 Å². The van der Waals surface area contributed by atoms with Crippen molar-refractivity contribution in [3.05, 3.63) is 77.4 Å². The maximum atomic E-state index is 12.0. The van der Waals surface area contributed by atoms with E-state index >= 15 is 0 Å². The van der Waals surface area contributed by atoms with Crippen LogP contribution in [0.3, 0.4) is 0 Å². The molecule has 4 nitrogen and oxygen atoms in total. The van der Waals surface area contributed by atoms with Gasteiger partial charge in [-0.15, -0.1) is 0 Å². The molecular weight excluding hydrogens is 388 g/mol. The number of carbonyl (C=O) groups excluding carboxylic acids is 2. The summed E-state index contributed by atoms with van der Waals surface area (Å²) in [6.45, 7) is 12.9. The second-order valence-electron chi connectivity index (χ2n) is 8.56. The Morgan fingerprint density at radius 3 is 2.48 bits per heavy atom. The molecular formula is C27H30O4. The van der Waals surface area contributed by atoms with Gasteiger partial charge in [-0.25, -0.2) is 9.59 Å². The second-order valence-corrected chi connectivity index (χ2v) is 8.56. The summed E-state index contributed by atoms with van der Waals surface area (Å²) in [6.07, 6.45) is 7.37. The third-order valence-electron chi connectivity index (χ3n) is 5.48. The van der Waals surface area contributed by atoms with Gasteiger partial charge in [0.25, 0.3) is 0 Å². The highest BCUT2D eigenvalue weighted by Gasteiger charge is 2.30. The molecule has 0 saturated carbocycles. The number of unbranched alkanes of at least 4 members (excludes halogenated alkanes) is 1. The Kier molecular flexibility index (Phi) is 6.79. The molecule has 3 rings (SSSR count). The minimum absolute atomic E-state index is 0.325. The maximum absolute atomic E-state index is 12.0. The lowest BCUT2D eigenvalue weighted by atomic mass is 9.84. The van der Waals surface area contributed by atoms with Crippen molar-refractivity contribution in [2.24, 2.45) is 0 Å². The highest BCUT2D eigenvalue weighted by atomic mass is 16.6. The molecule has 0 fully saturated rings. The normalized spacial score (nSPS) is 17.1. The van der Waals surface area contributed by atoms with Crippen molar-refractivity contribution in [1.29, 1.82) is 0 Å². The predicted molar refractivity (Wildman–Crippen MR) is 125 cm³/mol. The predicted octanol–water partition coefficient (Wildman–Crippen LogP) is 5.73. The van der Waals surface area contributed by atoms with E-state index in [9.17, 15) is 9.59 Å². The molecule has 4 heteroatoms. The molecule has 162 valence electrons. The van der Waals surface area contributed by atoms with Crippen LogP contribution in [-0.4, -0.2) is 24.1 Å². The third-order valence-corrected chi connectivity index (χ3v) is 5.48. The summed E-state index contributed by atoms with van der Waals surface area (Å²) < 4.78 is 10.8. The van der Waals surface area contributed by atoms with E-state index in [1.807, 2.05) is 13.0 Å². The number of fused-ring (bicyclic) bond motifs is 3. The summed E-state index contributed by atoms with van der Waals surface area (Å²) in [6, 6.07) is 10.8. The van der Waals surface area contributed by atoms with E-state index in [1.165, 1.54) is 27.5 Å². The van der Waals surface area contributed by atoms with Gasteiger partial charge in [0.05, 0.1) is 6.61 Å². The van der Waals surface area contributed by atoms with Crippen molar-refractivity contribution in [3.8, 4) is 0 Å². The lowest BCUT2D eigenvalue weighted by Gasteiger charge is -2.31. The minimum atomic E-state index is -0.662. The van der Waals surface area contributed by atoms with Crippen LogP contribution in [0, 0.1) is 0 Å². The molecule has 0 spiro atoms. The number of hydrogen-bond acceptors (Lipinski definition) is 4. The molecule has 0 amide bonds. The van der Waals surface area contributed by atoms with Gasteiger partial charge in [0.2, 0.25) is 0 Å². The summed E-state index contributed by atoms with van der Waals surface area (Å²) in [5.41, 5.74) is 3.78. The molecule has 0 aliphatic heterocycles. The van der Waals surface area contributed by atoms with Crippen molar-refractivity contribution in [2.75, 3.05) is 6.61 Å². The fourth-order valence-corrected chi connectivity index (χ4v) is 3.74. The number of ether oxygens (including phenoxy) is 2. The van der Waals surface area contributed by atoms with Crippen LogP contribution < -0.4 is 0 Å². The smallest absolute Gasteiger partial charge is 0.333 e. The van der Waals surface area contributed by atoms with Crippen LogP contribution in [0.5, 0.6) is 0 Å². The minimum Gasteiger partial charge on any atom is -0.462 e. The second kappa shape index (κ2) is 9.34. The Balaban J connectivity index is 1.66. The van der Waals surface area contributed by atoms with Gasteiger partial charge in [0.1, 0.15) is 5.60 Å². The molecule has 0 aromatic heterocycles. The molecule has 0 heterocycles. The molecule has 2 aromatic carbocycles. The summed E-state index contributed by atoms with van der Waals surface area (Å²) in [5.74, 6) is -0.690. The molecule has 0 radical (unpaired) electrons. The molecule has 1 unspecified atom stereocenters. The van der Waals surface area contributed by atoms with Crippen molar-refractivity contribution in [3.63, 3.8) is 0 Å². The summed E-state index contributed by atoms with van der Waals surface area (Å²) >= 11 is 0. The number of carbonyl (C=O) groups is 2. The van der Waals surface area contributed by atoms with Gasteiger partial charge in [0, 0.05) is 17.6 Å². The number of aryl methyl sites for hydroxylation is 1. The Morgan fingerprint density at radius 1 is 1.03 bits per heavy atom. The highest BCUT2D eigenvalue weighted by molar-refractivity contribution is 5.93. The van der Waals surface area contributed by atoms with Crippen molar-refractivity contribution in [2.45, 2.75) is 52.1 Å². The van der Waals surface area contributed by atoms with Crippen LogP contribution in [0.25, 0.3) is 16.8 Å². The van der Waals surface area contributed by atoms with Crippen LogP contribution in [0.4, 0.5) is 0 Å². The Labute approximate surface area is 184 Å². The molecule has 31 heavy (non-hydrogen) atoms. The van der Waals surface area contributed by atoms with Crippen molar-refractivity contribution >= 4 is 28.8 Å². The van der Waals surface area contributed by atoms with Crippen LogP contribution in [0.1, 0.15) is 50.3 Å². The van der Waals surface area contributed by atoms with Crippen molar-refractivity contribution in [1.82, 2.24) is 0 Å². The zero-order valence-corrected chi connectivity index (χ0v) is 18.6. The van der Waals surface area contributed by atoms with Crippen LogP contribution >= 0.6 is 0 Å². The Morgan fingerprint density at radius 2 is 1.77 bits per heavy atom. The van der Waals surface area contributed by atoms with Crippen molar-refractivity contribution < 1.29 is 19.1 Å². The standard InChI is InChI=1S/C27H30O4/c1-18(2)25(28)30-15-7-6-8-20-9-12-23-21(16-20)10-11-22-17-27(5,14-13-24(22)23)31-26(29)19(3)4/h9-14,16H,1,3,6-8,15,17H2,2,4-5H3. The Hall–Kier alpha value is -3.14. The van der Waals surface area contributed by atoms with Crippen LogP contribution in [0.15, 0.2) is 60.7 Å². The first-order chi connectivity index (χ1) is 14.7. The van der Waals surface area contributed by atoms with Gasteiger partial charge in [0.15, 0.2) is 0 Å². The molecule has 2 aromatic rings. The monoisotopic (exact) mass is 418 g/mol. The van der Waals surface area contributed by atoms with Crippen LogP contribution in [0.2, 0.25) is 0 Å². The molecule has 0 N–H and O–H groups in total. The van der Waals surface area contributed by atoms with E-state index in [0.717, 1.165) is 19.3 Å². The van der Waals surface area contributed by atoms with Gasteiger partial charge in [-0.05, 0) is 73.6 Å². The fraction of sp³-hybridized carbons (Fsp3) is 0.333. The first-order valence-corrected chi connectivity index (χ1v) is 10.6. The van der Waals surface area contributed by atoms with E-state index in [-0.39, 0.29) is 11.9 Å². The van der Waals surface area contributed by atoms with E-state index in [2.05, 4.69) is 49.6 Å². The quantitative estimate of drug-likeness (QED) is 0.312. The zero-order valence-electron chi connectivity index (χ0n) is 18.6. The molecule has 1 atom stereocenters. The lowest BCUT2D eigenvalue weighted by Crippen LogP contribution is -2.34. The van der Waals surface area contributed by atoms with Gasteiger partial charge in [-0.3, -0.25) is 0 Å². The summed E-state index contributed by atoms with van der Waals surface area (Å²) in [4.78, 5) is 23.4. The SMILES string of the molecule is C=C(C)C(=O)OCCCCc1ccc2c3c(ccc2c1)CC(C)(OC(=O)C(=C)C)C=C3. The average molecular weight is 419 g/mol. The molecule has 0 saturated heterocycles. The van der Waals surface area contributed by atoms with Crippen LogP contribution in [-0.2, 0) is 31.9 Å². The van der Waals surface area contributed by atoms with E-state index in [4.69, 9.17) is 9.47 Å². The van der Waals surface area contributed by atoms with E-state index < -0.39 is 5.60 Å². The van der Waals surface area contributed by atoms with Gasteiger partial charge in [-0.1, -0.05) is 49.6 Å². The molecule has 0 bridgehead atoms. The van der Waals surface area contributed by atoms with Gasteiger partial charge >= 0.3 is 11.9 Å². The third kappa shape index (κ3) is 5.52. The highest BCUT2D eigenvalue weighted by Crippen LogP contribution is 2.34. The summed E-state index contributed by atoms with van der Waals surface area (Å²) in [7, 11) is 0. The first kappa shape index (κ1) is 22.5. The number of rotatable bonds is 8. The van der Waals surface area contributed by atoms with E-state index in [0.29, 0.717) is 24.2 Å². The van der Waals surface area contributed by atoms with Gasteiger partial charge < -0.3 is 9.47 Å². The summed E-state index contributed by atoms with van der Waals surface area (Å²) in [5, 5.41) is 2.39. The number of benzene rings is 2. The largest absolute Gasteiger partial charge is 0.462 e. The molecule has 1 aliphatic carbocycles. The Bertz CT molecular complexity index is 1080. The topological polar surface area (TPSA) is 52.6 Å². The molecule has 1 aliphatic rings. The fourth-order valence-electron chi connectivity index (χ4n) is 3.74. The zero-order chi connectivity index (χ0) is 22.6. The average Bonchev–Trinajstić information content (AvgIpc) is 2.72. The number of hydrogen-bond donors (Lipinski definition) is 0. The maximum Gasteiger partial charge on any atom is 0.333 e. The number of esters is 2.